The van der Waals surface area contributed by atoms with Crippen LogP contribution in [0.2, 0.25) is 0 Å². The zero-order valence-electron chi connectivity index (χ0n) is 9.38. The summed E-state index contributed by atoms with van der Waals surface area (Å²) in [4.78, 5) is 3.34. The minimum absolute atomic E-state index is 0.144. The highest BCUT2D eigenvalue weighted by molar-refractivity contribution is 5.86. The van der Waals surface area contributed by atoms with Crippen molar-refractivity contribution < 1.29 is 0 Å². The Labute approximate surface area is 90.5 Å². The van der Waals surface area contributed by atoms with E-state index in [0.29, 0.717) is 0 Å². The van der Waals surface area contributed by atoms with Crippen LogP contribution in [0.3, 0.4) is 0 Å². The van der Waals surface area contributed by atoms with Crippen LogP contribution in [-0.4, -0.2) is 4.98 Å². The average molecular weight is 202 g/mol. The van der Waals surface area contributed by atoms with E-state index in [1.165, 1.54) is 22.0 Å². The van der Waals surface area contributed by atoms with Crippen molar-refractivity contribution in [1.82, 2.24) is 4.98 Å². The Morgan fingerprint density at radius 2 is 2.13 bits per heavy atom. The first-order chi connectivity index (χ1) is 7.27. The smallest absolute Gasteiger partial charge is 0.0489 e. The summed E-state index contributed by atoms with van der Waals surface area (Å²) in [6, 6.07) is 6.57. The van der Waals surface area contributed by atoms with Crippen LogP contribution in [0.1, 0.15) is 37.4 Å². The molecule has 0 spiro atoms. The number of rotatable bonds is 3. The Bertz CT molecular complexity index is 457. The number of aryl methyl sites for hydroxylation is 1. The van der Waals surface area contributed by atoms with Crippen molar-refractivity contribution in [1.29, 1.82) is 0 Å². The number of aromatic amines is 1. The molecule has 1 aromatic heterocycles. The molecule has 0 saturated heterocycles. The van der Waals surface area contributed by atoms with Gasteiger partial charge >= 0.3 is 0 Å². The molecule has 3 N–H and O–H groups in total. The normalized spacial score (nSPS) is 13.3. The Kier molecular flexibility index (Phi) is 2.78. The third kappa shape index (κ3) is 1.65. The molecule has 1 aromatic carbocycles. The molecular weight excluding hydrogens is 184 g/mol. The van der Waals surface area contributed by atoms with Gasteiger partial charge in [-0.3, -0.25) is 0 Å². The maximum atomic E-state index is 6.08. The molecule has 2 rings (SSSR count). The van der Waals surface area contributed by atoms with Gasteiger partial charge in [0, 0.05) is 23.1 Å². The number of nitrogens with two attached hydrogens (primary N) is 1. The van der Waals surface area contributed by atoms with E-state index in [0.717, 1.165) is 12.8 Å². The summed E-state index contributed by atoms with van der Waals surface area (Å²) in [5.74, 6) is 0. The molecule has 2 nitrogen and oxygen atoms in total. The number of hydrogen-bond donors (Lipinski definition) is 2. The standard InChI is InChI=1S/C13H18N2/c1-3-9-6-5-7-10-11(12(14)4-2)8-15-13(9)10/h5-8,12,15H,3-4,14H2,1-2H3/t12-/m1/s1. The number of benzene rings is 1. The lowest BCUT2D eigenvalue weighted by atomic mass is 10.0. The molecule has 0 amide bonds. The largest absolute Gasteiger partial charge is 0.361 e. The highest BCUT2D eigenvalue weighted by atomic mass is 14.7. The molecular formula is C13H18N2. The Hall–Kier alpha value is -1.28. The molecule has 0 aliphatic heterocycles. The molecule has 2 heteroatoms. The van der Waals surface area contributed by atoms with Crippen LogP contribution >= 0.6 is 0 Å². The van der Waals surface area contributed by atoms with E-state index in [-0.39, 0.29) is 6.04 Å². The molecule has 15 heavy (non-hydrogen) atoms. The summed E-state index contributed by atoms with van der Waals surface area (Å²) in [6.07, 6.45) is 4.08. The number of para-hydroxylation sites is 1. The van der Waals surface area contributed by atoms with E-state index in [9.17, 15) is 0 Å². The quantitative estimate of drug-likeness (QED) is 0.788. The minimum Gasteiger partial charge on any atom is -0.361 e. The third-order valence-electron chi connectivity index (χ3n) is 3.05. The molecule has 2 aromatic rings. The molecule has 0 radical (unpaired) electrons. The second-order valence-corrected chi connectivity index (χ2v) is 3.95. The van der Waals surface area contributed by atoms with E-state index in [2.05, 4.69) is 43.2 Å². The second kappa shape index (κ2) is 4.07. The Morgan fingerprint density at radius 3 is 2.80 bits per heavy atom. The summed E-state index contributed by atoms with van der Waals surface area (Å²) in [6.45, 7) is 4.29. The summed E-state index contributed by atoms with van der Waals surface area (Å²) in [7, 11) is 0. The molecule has 0 saturated carbocycles. The van der Waals surface area contributed by atoms with Crippen LogP contribution in [0.15, 0.2) is 24.4 Å². The summed E-state index contributed by atoms with van der Waals surface area (Å²) in [5, 5.41) is 1.28. The van der Waals surface area contributed by atoms with E-state index in [1.807, 2.05) is 0 Å². The predicted octanol–water partition coefficient (Wildman–Crippen LogP) is 3.14. The van der Waals surface area contributed by atoms with Gasteiger partial charge in [0.05, 0.1) is 0 Å². The van der Waals surface area contributed by atoms with Gasteiger partial charge in [0.1, 0.15) is 0 Å². The Balaban J connectivity index is 2.60. The fraction of sp³-hybridized carbons (Fsp3) is 0.385. The second-order valence-electron chi connectivity index (χ2n) is 3.95. The van der Waals surface area contributed by atoms with E-state index in [1.54, 1.807) is 0 Å². The van der Waals surface area contributed by atoms with Gasteiger partial charge in [-0.15, -0.1) is 0 Å². The van der Waals surface area contributed by atoms with Crippen molar-refractivity contribution in [2.24, 2.45) is 5.73 Å². The maximum Gasteiger partial charge on any atom is 0.0489 e. The SMILES string of the molecule is CCc1cccc2c([C@H](N)CC)c[nH]c12. The van der Waals surface area contributed by atoms with Gasteiger partial charge in [-0.05, 0) is 24.0 Å². The van der Waals surface area contributed by atoms with Crippen molar-refractivity contribution in [3.8, 4) is 0 Å². The third-order valence-corrected chi connectivity index (χ3v) is 3.05. The van der Waals surface area contributed by atoms with E-state index < -0.39 is 0 Å². The molecule has 1 heterocycles. The molecule has 1 atom stereocenters. The van der Waals surface area contributed by atoms with Crippen molar-refractivity contribution >= 4 is 10.9 Å². The van der Waals surface area contributed by atoms with Gasteiger partial charge in [0.15, 0.2) is 0 Å². The zero-order valence-corrected chi connectivity index (χ0v) is 9.38. The lowest BCUT2D eigenvalue weighted by molar-refractivity contribution is 0.704. The predicted molar refractivity (Wildman–Crippen MR) is 64.9 cm³/mol. The number of hydrogen-bond acceptors (Lipinski definition) is 1. The molecule has 0 aliphatic rings. The number of nitrogens with one attached hydrogen (secondary N) is 1. The van der Waals surface area contributed by atoms with Crippen LogP contribution in [0.25, 0.3) is 10.9 Å². The molecule has 0 unspecified atom stereocenters. The fourth-order valence-electron chi connectivity index (χ4n) is 2.06. The van der Waals surface area contributed by atoms with E-state index in [4.69, 9.17) is 5.73 Å². The molecule has 0 aliphatic carbocycles. The monoisotopic (exact) mass is 202 g/mol. The fourth-order valence-corrected chi connectivity index (χ4v) is 2.06. The highest BCUT2D eigenvalue weighted by Crippen LogP contribution is 2.26. The highest BCUT2D eigenvalue weighted by Gasteiger charge is 2.10. The van der Waals surface area contributed by atoms with Gasteiger partial charge < -0.3 is 10.7 Å². The average Bonchev–Trinajstić information content (AvgIpc) is 2.71. The van der Waals surface area contributed by atoms with Crippen LogP contribution < -0.4 is 5.73 Å². The van der Waals surface area contributed by atoms with Gasteiger partial charge in [0.2, 0.25) is 0 Å². The lowest BCUT2D eigenvalue weighted by Gasteiger charge is -2.07. The number of H-pyrrole nitrogens is 1. The van der Waals surface area contributed by atoms with Crippen molar-refractivity contribution in [2.45, 2.75) is 32.7 Å². The summed E-state index contributed by atoms with van der Waals surface area (Å²) in [5.41, 5.74) is 9.93. The summed E-state index contributed by atoms with van der Waals surface area (Å²) >= 11 is 0. The number of fused-ring (bicyclic) bond motifs is 1. The first-order valence-electron chi connectivity index (χ1n) is 5.62. The van der Waals surface area contributed by atoms with Gasteiger partial charge in [-0.1, -0.05) is 32.0 Å². The van der Waals surface area contributed by atoms with E-state index >= 15 is 0 Å². The van der Waals surface area contributed by atoms with Crippen LogP contribution in [0.5, 0.6) is 0 Å². The van der Waals surface area contributed by atoms with Gasteiger partial charge in [0.25, 0.3) is 0 Å². The first kappa shape index (κ1) is 10.2. The van der Waals surface area contributed by atoms with Crippen molar-refractivity contribution in [3.05, 3.63) is 35.5 Å². The Morgan fingerprint density at radius 1 is 1.33 bits per heavy atom. The van der Waals surface area contributed by atoms with Crippen LogP contribution in [0, 0.1) is 0 Å². The molecule has 80 valence electrons. The van der Waals surface area contributed by atoms with Gasteiger partial charge in [-0.2, -0.15) is 0 Å². The van der Waals surface area contributed by atoms with Crippen molar-refractivity contribution in [2.75, 3.05) is 0 Å². The van der Waals surface area contributed by atoms with Crippen LogP contribution in [0.4, 0.5) is 0 Å². The topological polar surface area (TPSA) is 41.8 Å². The number of aromatic nitrogens is 1. The minimum atomic E-state index is 0.144. The first-order valence-corrected chi connectivity index (χ1v) is 5.62. The lowest BCUT2D eigenvalue weighted by Crippen LogP contribution is -2.07. The maximum absolute atomic E-state index is 6.08. The zero-order chi connectivity index (χ0) is 10.8. The summed E-state index contributed by atoms with van der Waals surface area (Å²) < 4.78 is 0. The molecule has 0 bridgehead atoms. The van der Waals surface area contributed by atoms with Crippen LogP contribution in [-0.2, 0) is 6.42 Å². The van der Waals surface area contributed by atoms with Gasteiger partial charge in [-0.25, -0.2) is 0 Å². The molecule has 0 fully saturated rings. The van der Waals surface area contributed by atoms with Crippen molar-refractivity contribution in [3.63, 3.8) is 0 Å².